The van der Waals surface area contributed by atoms with Crippen molar-refractivity contribution in [1.82, 2.24) is 9.38 Å². The number of imidazole rings is 1. The van der Waals surface area contributed by atoms with Crippen molar-refractivity contribution >= 4 is 11.5 Å². The number of carboxylic acid groups (broad SMARTS) is 1. The fourth-order valence-electron chi connectivity index (χ4n) is 1.64. The number of fused-ring (bicyclic) bond motifs is 1. The van der Waals surface area contributed by atoms with Gasteiger partial charge in [0.25, 0.3) is 0 Å². The monoisotopic (exact) mass is 244 g/mol. The van der Waals surface area contributed by atoms with Crippen LogP contribution in [0.2, 0.25) is 0 Å². The summed E-state index contributed by atoms with van der Waals surface area (Å²) in [6.07, 6.45) is -4.69. The molecule has 4 nitrogen and oxygen atoms in total. The molecule has 0 aliphatic carbocycles. The Bertz CT molecular complexity index is 601. The number of carbonyl (C=O) groups is 1. The molecule has 2 aromatic rings. The summed E-state index contributed by atoms with van der Waals surface area (Å²) in [5, 5.41) is 8.81. The lowest BCUT2D eigenvalue weighted by atomic mass is 10.3. The Hall–Kier alpha value is -2.05. The molecule has 0 atom stereocenters. The van der Waals surface area contributed by atoms with E-state index in [9.17, 15) is 18.0 Å². The lowest BCUT2D eigenvalue weighted by molar-refractivity contribution is -0.145. The van der Waals surface area contributed by atoms with Gasteiger partial charge in [-0.05, 0) is 19.1 Å². The molecule has 2 heterocycles. The van der Waals surface area contributed by atoms with Gasteiger partial charge in [0.2, 0.25) is 5.82 Å². The van der Waals surface area contributed by atoms with Crippen LogP contribution < -0.4 is 0 Å². The number of nitrogens with zero attached hydrogens (tertiary/aromatic N) is 2. The first-order chi connectivity index (χ1) is 7.82. The summed E-state index contributed by atoms with van der Waals surface area (Å²) >= 11 is 0. The summed E-state index contributed by atoms with van der Waals surface area (Å²) < 4.78 is 38.9. The molecule has 0 amide bonds. The van der Waals surface area contributed by atoms with Crippen molar-refractivity contribution in [3.63, 3.8) is 0 Å². The molecule has 1 N–H and O–H groups in total. The quantitative estimate of drug-likeness (QED) is 0.837. The van der Waals surface area contributed by atoms with Gasteiger partial charge in [0.05, 0.1) is 5.52 Å². The first-order valence-corrected chi connectivity index (χ1v) is 4.61. The molecule has 0 spiro atoms. The average Bonchev–Trinajstić information content (AvgIpc) is 2.57. The Morgan fingerprint density at radius 3 is 2.59 bits per heavy atom. The van der Waals surface area contributed by atoms with Crippen LogP contribution in [0.3, 0.4) is 0 Å². The van der Waals surface area contributed by atoms with E-state index < -0.39 is 23.7 Å². The Balaban J connectivity index is 2.91. The van der Waals surface area contributed by atoms with Crippen molar-refractivity contribution < 1.29 is 23.1 Å². The number of aromatic carboxylic acids is 1. The molecule has 17 heavy (non-hydrogen) atoms. The van der Waals surface area contributed by atoms with Crippen molar-refractivity contribution in [3.8, 4) is 0 Å². The number of aryl methyl sites for hydroxylation is 1. The largest absolute Gasteiger partial charge is 0.476 e. The number of hydrogen-bond donors (Lipinski definition) is 1. The van der Waals surface area contributed by atoms with Gasteiger partial charge in [-0.3, -0.25) is 4.40 Å². The summed E-state index contributed by atoms with van der Waals surface area (Å²) in [7, 11) is 0. The maximum absolute atomic E-state index is 12.7. The van der Waals surface area contributed by atoms with Crippen molar-refractivity contribution in [2.45, 2.75) is 13.1 Å². The second-order valence-electron chi connectivity index (χ2n) is 3.47. The normalized spacial score (nSPS) is 12.0. The fraction of sp³-hybridized carbons (Fsp3) is 0.200. The van der Waals surface area contributed by atoms with E-state index in [1.807, 2.05) is 0 Å². The van der Waals surface area contributed by atoms with Gasteiger partial charge in [0.1, 0.15) is 0 Å². The SMILES string of the molecule is Cc1cccc2c(C(=O)O)nc(C(F)(F)F)n12. The topological polar surface area (TPSA) is 54.6 Å². The first kappa shape index (κ1) is 11.4. The van der Waals surface area contributed by atoms with Gasteiger partial charge in [0.15, 0.2) is 5.69 Å². The molecular weight excluding hydrogens is 237 g/mol. The summed E-state index contributed by atoms with van der Waals surface area (Å²) in [5.41, 5.74) is -0.388. The lowest BCUT2D eigenvalue weighted by Gasteiger charge is -2.07. The van der Waals surface area contributed by atoms with Crippen molar-refractivity contribution in [2.75, 3.05) is 0 Å². The van der Waals surface area contributed by atoms with Gasteiger partial charge < -0.3 is 5.11 Å². The molecule has 2 rings (SSSR count). The predicted molar refractivity (Wildman–Crippen MR) is 51.9 cm³/mol. The van der Waals surface area contributed by atoms with E-state index in [4.69, 9.17) is 5.11 Å². The van der Waals surface area contributed by atoms with Gasteiger partial charge >= 0.3 is 12.1 Å². The third-order valence-electron chi connectivity index (χ3n) is 2.31. The van der Waals surface area contributed by atoms with E-state index >= 15 is 0 Å². The summed E-state index contributed by atoms with van der Waals surface area (Å²) in [6, 6.07) is 4.23. The van der Waals surface area contributed by atoms with Crippen LogP contribution >= 0.6 is 0 Å². The Kier molecular flexibility index (Phi) is 2.34. The van der Waals surface area contributed by atoms with E-state index in [0.29, 0.717) is 0 Å². The Morgan fingerprint density at radius 1 is 1.41 bits per heavy atom. The van der Waals surface area contributed by atoms with E-state index in [1.54, 1.807) is 0 Å². The fourth-order valence-corrected chi connectivity index (χ4v) is 1.64. The highest BCUT2D eigenvalue weighted by Crippen LogP contribution is 2.31. The molecule has 0 saturated heterocycles. The third kappa shape index (κ3) is 1.73. The van der Waals surface area contributed by atoms with Crippen LogP contribution in [0.1, 0.15) is 22.0 Å². The molecule has 0 radical (unpaired) electrons. The smallest absolute Gasteiger partial charge is 0.450 e. The van der Waals surface area contributed by atoms with Crippen LogP contribution in [0.25, 0.3) is 5.52 Å². The van der Waals surface area contributed by atoms with Crippen LogP contribution in [0.5, 0.6) is 0 Å². The highest BCUT2D eigenvalue weighted by molar-refractivity contribution is 5.93. The maximum Gasteiger partial charge on any atom is 0.450 e. The van der Waals surface area contributed by atoms with E-state index in [1.165, 1.54) is 25.1 Å². The standard InChI is InChI=1S/C10H7F3N2O2/c1-5-3-2-4-6-7(8(16)17)14-9(15(5)6)10(11,12)13/h2-4H,1H3,(H,16,17). The summed E-state index contributed by atoms with van der Waals surface area (Å²) in [5.74, 6) is -2.70. The molecule has 0 aliphatic heterocycles. The van der Waals surface area contributed by atoms with Gasteiger partial charge in [-0.2, -0.15) is 13.2 Å². The minimum Gasteiger partial charge on any atom is -0.476 e. The lowest BCUT2D eigenvalue weighted by Crippen LogP contribution is -2.12. The van der Waals surface area contributed by atoms with Gasteiger partial charge in [0, 0.05) is 5.69 Å². The third-order valence-corrected chi connectivity index (χ3v) is 2.31. The maximum atomic E-state index is 12.7. The van der Waals surface area contributed by atoms with Crippen molar-refractivity contribution in [3.05, 3.63) is 35.4 Å². The van der Waals surface area contributed by atoms with Crippen molar-refractivity contribution in [2.24, 2.45) is 0 Å². The van der Waals surface area contributed by atoms with Crippen LogP contribution in [-0.4, -0.2) is 20.5 Å². The molecule has 0 bridgehead atoms. The molecule has 90 valence electrons. The molecule has 2 aromatic heterocycles. The predicted octanol–water partition coefficient (Wildman–Crippen LogP) is 2.36. The minimum atomic E-state index is -4.69. The van der Waals surface area contributed by atoms with Gasteiger partial charge in [-0.25, -0.2) is 9.78 Å². The molecule has 0 aliphatic rings. The first-order valence-electron chi connectivity index (χ1n) is 4.61. The van der Waals surface area contributed by atoms with Crippen molar-refractivity contribution in [1.29, 1.82) is 0 Å². The molecule has 0 unspecified atom stereocenters. The molecular formula is C10H7F3N2O2. The van der Waals surface area contributed by atoms with Crippen LogP contribution in [0, 0.1) is 6.92 Å². The number of aromatic nitrogens is 2. The van der Waals surface area contributed by atoms with E-state index in [0.717, 1.165) is 4.40 Å². The van der Waals surface area contributed by atoms with Crippen LogP contribution in [-0.2, 0) is 6.18 Å². The zero-order chi connectivity index (χ0) is 12.8. The Labute approximate surface area is 93.3 Å². The summed E-state index contributed by atoms with van der Waals surface area (Å²) in [6.45, 7) is 1.45. The van der Waals surface area contributed by atoms with Crippen LogP contribution in [0.15, 0.2) is 18.2 Å². The highest BCUT2D eigenvalue weighted by Gasteiger charge is 2.38. The van der Waals surface area contributed by atoms with Gasteiger partial charge in [-0.1, -0.05) is 6.07 Å². The average molecular weight is 244 g/mol. The summed E-state index contributed by atoms with van der Waals surface area (Å²) in [4.78, 5) is 14.0. The number of pyridine rings is 1. The zero-order valence-electron chi connectivity index (χ0n) is 8.62. The van der Waals surface area contributed by atoms with E-state index in [-0.39, 0.29) is 11.2 Å². The number of hydrogen-bond acceptors (Lipinski definition) is 2. The second kappa shape index (κ2) is 3.47. The van der Waals surface area contributed by atoms with Gasteiger partial charge in [-0.15, -0.1) is 0 Å². The molecule has 0 saturated carbocycles. The molecule has 0 fully saturated rings. The number of halogens is 3. The molecule has 0 aromatic carbocycles. The number of carboxylic acids is 1. The van der Waals surface area contributed by atoms with Crippen LogP contribution in [0.4, 0.5) is 13.2 Å². The highest BCUT2D eigenvalue weighted by atomic mass is 19.4. The van der Waals surface area contributed by atoms with E-state index in [2.05, 4.69) is 4.98 Å². The number of alkyl halides is 3. The Morgan fingerprint density at radius 2 is 2.06 bits per heavy atom. The minimum absolute atomic E-state index is 0.0650. The molecule has 7 heteroatoms. The number of rotatable bonds is 1. The zero-order valence-corrected chi connectivity index (χ0v) is 8.62. The second-order valence-corrected chi connectivity index (χ2v) is 3.47.